The third-order valence-electron chi connectivity index (χ3n) is 31.9. The zero-order chi connectivity index (χ0) is 63.9. The van der Waals surface area contributed by atoms with Crippen molar-refractivity contribution in [2.45, 2.75) is 410 Å². The smallest absolute Gasteiger partial charge is 0.0318 e. The highest BCUT2D eigenvalue weighted by atomic mass is 14.7. The largest absolute Gasteiger partial charge is 0.0625 e. The molecule has 0 radical (unpaired) electrons. The van der Waals surface area contributed by atoms with E-state index >= 15 is 0 Å². The minimum atomic E-state index is 0.800. The summed E-state index contributed by atoms with van der Waals surface area (Å²) in [7, 11) is 0. The van der Waals surface area contributed by atoms with Gasteiger partial charge in [-0.3, -0.25) is 0 Å². The van der Waals surface area contributed by atoms with E-state index in [4.69, 9.17) is 0 Å². The number of hydrogen-bond donors (Lipinski definition) is 0. The van der Waals surface area contributed by atoms with Crippen LogP contribution in [0.5, 0.6) is 0 Å². The molecule has 16 bridgehead atoms. The van der Waals surface area contributed by atoms with Gasteiger partial charge < -0.3 is 0 Å². The van der Waals surface area contributed by atoms with E-state index in [0.29, 0.717) is 0 Å². The van der Waals surface area contributed by atoms with E-state index in [9.17, 15) is 0 Å². The Morgan fingerprint density at radius 3 is 0.857 bits per heavy atom. The van der Waals surface area contributed by atoms with Gasteiger partial charge in [-0.25, -0.2) is 0 Å². The minimum absolute atomic E-state index is 0.800. The molecular weight excluding hydrogens is 1090 g/mol. The number of rotatable bonds is 0. The van der Waals surface area contributed by atoms with Crippen molar-refractivity contribution in [2.24, 2.45) is 165 Å². The summed E-state index contributed by atoms with van der Waals surface area (Å²) in [6.07, 6.45) is 79.6. The van der Waals surface area contributed by atoms with Crippen LogP contribution < -0.4 is 0 Å². The lowest BCUT2D eigenvalue weighted by Crippen LogP contribution is -2.44. The molecule has 0 aromatic heterocycles. The molecule has 23 fully saturated rings. The zero-order valence-corrected chi connectivity index (χ0v) is 63.9. The molecule has 0 nitrogen and oxygen atoms in total. The van der Waals surface area contributed by atoms with Crippen LogP contribution in [0, 0.1) is 165 Å². The quantitative estimate of drug-likeness (QED) is 0.168. The van der Waals surface area contributed by atoms with E-state index < -0.39 is 0 Å². The zero-order valence-electron chi connectivity index (χ0n) is 63.9. The van der Waals surface area contributed by atoms with Crippen molar-refractivity contribution in [1.82, 2.24) is 0 Å². The molecule has 23 saturated carbocycles. The summed E-state index contributed by atoms with van der Waals surface area (Å²) in [6, 6.07) is 0. The fraction of sp³-hybridized carbons (Fsp3) is 1.00. The van der Waals surface area contributed by atoms with Crippen molar-refractivity contribution in [2.75, 3.05) is 0 Å². The maximum atomic E-state index is 2.54. The molecule has 11 atom stereocenters. The van der Waals surface area contributed by atoms with Crippen LogP contribution >= 0.6 is 0 Å². The lowest BCUT2D eigenvalue weighted by Gasteiger charge is -2.55. The molecule has 23 aliphatic rings. The summed E-state index contributed by atoms with van der Waals surface area (Å²) >= 11 is 0. The molecular formula is C91H164. The van der Waals surface area contributed by atoms with Crippen LogP contribution in [0.15, 0.2) is 0 Å². The van der Waals surface area contributed by atoms with Gasteiger partial charge >= 0.3 is 0 Å². The highest BCUT2D eigenvalue weighted by Crippen LogP contribution is 2.69. The van der Waals surface area contributed by atoms with Crippen molar-refractivity contribution >= 4 is 0 Å². The van der Waals surface area contributed by atoms with Crippen LogP contribution in [0.1, 0.15) is 410 Å². The van der Waals surface area contributed by atoms with E-state index in [1.807, 2.05) is 0 Å². The molecule has 23 rings (SSSR count). The highest BCUT2D eigenvalue weighted by Gasteiger charge is 2.61. The molecule has 528 valence electrons. The maximum Gasteiger partial charge on any atom is -0.0318 e. The first-order valence-corrected chi connectivity index (χ1v) is 44.0. The van der Waals surface area contributed by atoms with Gasteiger partial charge in [0.2, 0.25) is 0 Å². The van der Waals surface area contributed by atoms with Crippen LogP contribution in [-0.2, 0) is 0 Å². The van der Waals surface area contributed by atoms with Crippen LogP contribution in [0.25, 0.3) is 0 Å². The summed E-state index contributed by atoms with van der Waals surface area (Å²) < 4.78 is 0. The lowest BCUT2D eigenvalue weighted by atomic mass is 9.50. The van der Waals surface area contributed by atoms with Crippen LogP contribution in [-0.4, -0.2) is 0 Å². The van der Waals surface area contributed by atoms with E-state index in [1.54, 1.807) is 161 Å². The monoisotopic (exact) mass is 1260 g/mol. The molecule has 23 aliphatic carbocycles. The average molecular weight is 1260 g/mol. The topological polar surface area (TPSA) is 0 Å². The Bertz CT molecular complexity index is 1860. The van der Waals surface area contributed by atoms with Gasteiger partial charge in [0, 0.05) is 0 Å². The van der Waals surface area contributed by atoms with Gasteiger partial charge in [-0.15, -0.1) is 0 Å². The molecule has 0 aliphatic heterocycles. The first-order valence-electron chi connectivity index (χ1n) is 44.0. The molecule has 0 amide bonds. The lowest BCUT2D eigenvalue weighted by molar-refractivity contribution is -0.0411. The number of fused-ring (bicyclic) bond motifs is 14. The summed E-state index contributed by atoms with van der Waals surface area (Å²) in [4.78, 5) is 0. The Balaban J connectivity index is 0.000000111. The number of hydrogen-bond acceptors (Lipinski definition) is 0. The molecule has 0 heteroatoms. The fourth-order valence-electron chi connectivity index (χ4n) is 26.3. The Morgan fingerprint density at radius 2 is 0.538 bits per heavy atom. The van der Waals surface area contributed by atoms with Crippen LogP contribution in [0.3, 0.4) is 0 Å². The SMILES string of the molecule is CC12CC3CC(CC(C3)C1)C2.CC1C2CC3CC(C2)CC1C3.CC1CC1.CC1CC2CC1C1C3CCC(C3)C21.CC1CC2CCC1C2.CC1CC2CCC1CC2.CC1CCC1.CC1CCCC1.CC1CCCCC1.CC1CCCCCC1.CC1CCCCCCC1. The standard InChI is InChI=1S/C13H20.2C11H18.C9H16.C9H18.C8H14.C8H16.C7H14.C6H12.C5H10.C4H8/c1-7-4-10-6-11(7)13-9-3-2-8(5-9)12(10)13;1-11-5-8-2-9(6-11)4-10(3-8)7-11;1-7-10-3-8-2-9(5-10)6-11(7)4-8;1-7-6-8-2-4-9(7)5-3-8;1-9-7-5-3-2-4-6-8-9;1-6-4-7-2-3-8(6)5-7;1-8-6-4-2-3-5-7-8;1-7-5-3-2-4-6-7;1-6-4-2-3-5-6;1-5-3-2-4-5;1-4-2-3-4/h7-13H,2-6H2,1H3;8-10H,2-7H2,1H3;7-11H,2-6H2,1H3;7-9H,2-6H2,1H3;9H,2-8H2,1H3;6-8H,2-5H2,1H3;8H,2-7H2,1H3;7H,2-6H2,1H3;6H,2-5H2,1H3;5H,2-4H2,1H3;4H,2-3H2,1H3. The summed E-state index contributed by atoms with van der Waals surface area (Å²) in [6.45, 7) is 26.5. The summed E-state index contributed by atoms with van der Waals surface area (Å²) in [5, 5.41) is 0. The van der Waals surface area contributed by atoms with Gasteiger partial charge in [-0.1, -0.05) is 269 Å². The maximum absolute atomic E-state index is 2.54. The summed E-state index contributed by atoms with van der Waals surface area (Å²) in [5.41, 5.74) is 0.800. The second-order valence-electron chi connectivity index (χ2n) is 40.4. The second kappa shape index (κ2) is 36.9. The Hall–Kier alpha value is 0. The first-order chi connectivity index (χ1) is 44.0. The molecule has 0 heterocycles. The van der Waals surface area contributed by atoms with Crippen molar-refractivity contribution < 1.29 is 0 Å². The van der Waals surface area contributed by atoms with Crippen molar-refractivity contribution in [3.8, 4) is 0 Å². The molecule has 0 aromatic carbocycles. The van der Waals surface area contributed by atoms with Crippen molar-refractivity contribution in [3.05, 3.63) is 0 Å². The van der Waals surface area contributed by atoms with Gasteiger partial charge in [0.25, 0.3) is 0 Å². The van der Waals surface area contributed by atoms with Gasteiger partial charge in [0.1, 0.15) is 0 Å². The highest BCUT2D eigenvalue weighted by molar-refractivity contribution is 5.10. The predicted octanol–water partition coefficient (Wildman–Crippen LogP) is 29.3. The van der Waals surface area contributed by atoms with E-state index in [1.165, 1.54) is 209 Å². The molecule has 91 heavy (non-hydrogen) atoms. The molecule has 0 saturated heterocycles. The molecule has 0 aromatic rings. The Labute approximate surface area is 572 Å². The van der Waals surface area contributed by atoms with Gasteiger partial charge in [-0.05, 0) is 306 Å². The first kappa shape index (κ1) is 73.7. The van der Waals surface area contributed by atoms with E-state index in [2.05, 4.69) is 76.2 Å². The van der Waals surface area contributed by atoms with Gasteiger partial charge in [0.15, 0.2) is 0 Å². The van der Waals surface area contributed by atoms with Crippen LogP contribution in [0.4, 0.5) is 0 Å². The third-order valence-corrected chi connectivity index (χ3v) is 31.9. The van der Waals surface area contributed by atoms with Crippen molar-refractivity contribution in [1.29, 1.82) is 0 Å². The van der Waals surface area contributed by atoms with Crippen molar-refractivity contribution in [3.63, 3.8) is 0 Å². The van der Waals surface area contributed by atoms with E-state index in [-0.39, 0.29) is 0 Å². The molecule has 0 N–H and O–H groups in total. The predicted molar refractivity (Wildman–Crippen MR) is 399 cm³/mol. The molecule has 11 unspecified atom stereocenters. The minimum Gasteiger partial charge on any atom is -0.0625 e. The van der Waals surface area contributed by atoms with Crippen LogP contribution in [0.2, 0.25) is 0 Å². The summed E-state index contributed by atoms with van der Waals surface area (Å²) in [5.74, 6) is 30.3. The molecule has 0 spiro atoms. The van der Waals surface area contributed by atoms with Gasteiger partial charge in [0.05, 0.1) is 0 Å². The average Bonchev–Trinajstić information content (AvgIpc) is 1.65. The Morgan fingerprint density at radius 1 is 0.198 bits per heavy atom. The normalized spacial score (nSPS) is 44.7. The fourth-order valence-corrected chi connectivity index (χ4v) is 26.3. The third kappa shape index (κ3) is 23.0. The van der Waals surface area contributed by atoms with E-state index in [0.717, 1.165) is 130 Å². The Kier molecular flexibility index (Phi) is 29.9. The second-order valence-corrected chi connectivity index (χ2v) is 40.4. The van der Waals surface area contributed by atoms with Gasteiger partial charge in [-0.2, -0.15) is 0 Å².